The molecule has 0 radical (unpaired) electrons. The van der Waals surface area contributed by atoms with Crippen LogP contribution in [0.4, 0.5) is 23.8 Å². The summed E-state index contributed by atoms with van der Waals surface area (Å²) >= 11 is 0. The zero-order valence-corrected chi connectivity index (χ0v) is 16.6. The zero-order chi connectivity index (χ0) is 21.5. The van der Waals surface area contributed by atoms with Crippen molar-refractivity contribution in [1.29, 1.82) is 0 Å². The van der Waals surface area contributed by atoms with Gasteiger partial charge in [0.25, 0.3) is 5.91 Å². The van der Waals surface area contributed by atoms with E-state index in [-0.39, 0.29) is 23.3 Å². The molecule has 1 fully saturated rings. The number of aromatic nitrogens is 3. The molecular formula is C18H23F3N6O2. The SMILES string of the molecule is CCc1cc(N2CCN(C(C)C)C2=O)nc2c(C(=O)NC(C)C(F)(F)F)cnn12. The van der Waals surface area contributed by atoms with Gasteiger partial charge in [-0.25, -0.2) is 14.3 Å². The second kappa shape index (κ2) is 7.53. The minimum atomic E-state index is -4.56. The normalized spacial score (nSPS) is 16.2. The first-order chi connectivity index (χ1) is 13.5. The van der Waals surface area contributed by atoms with E-state index in [9.17, 15) is 22.8 Å². The summed E-state index contributed by atoms with van der Waals surface area (Å²) in [5.74, 6) is -0.575. The largest absolute Gasteiger partial charge is 0.408 e. The number of aryl methyl sites for hydroxylation is 1. The van der Waals surface area contributed by atoms with Crippen molar-refractivity contribution in [3.8, 4) is 0 Å². The number of anilines is 1. The highest BCUT2D eigenvalue weighted by molar-refractivity contribution is 6.00. The van der Waals surface area contributed by atoms with Gasteiger partial charge < -0.3 is 10.2 Å². The van der Waals surface area contributed by atoms with Gasteiger partial charge in [-0.1, -0.05) is 6.92 Å². The van der Waals surface area contributed by atoms with E-state index in [1.165, 1.54) is 15.6 Å². The molecule has 1 unspecified atom stereocenters. The van der Waals surface area contributed by atoms with Crippen LogP contribution in [-0.2, 0) is 6.42 Å². The molecule has 0 spiro atoms. The highest BCUT2D eigenvalue weighted by Crippen LogP contribution is 2.24. The molecule has 1 atom stereocenters. The molecule has 1 aliphatic rings. The Bertz CT molecular complexity index is 940. The van der Waals surface area contributed by atoms with E-state index in [1.807, 2.05) is 26.1 Å². The van der Waals surface area contributed by atoms with E-state index < -0.39 is 18.1 Å². The fraction of sp³-hybridized carbons (Fsp3) is 0.556. The number of carbonyl (C=O) groups excluding carboxylic acids is 2. The number of hydrogen-bond acceptors (Lipinski definition) is 4. The van der Waals surface area contributed by atoms with Crippen LogP contribution in [0.25, 0.3) is 5.65 Å². The maximum Gasteiger partial charge on any atom is 0.408 e. The van der Waals surface area contributed by atoms with Gasteiger partial charge in [0, 0.05) is 30.9 Å². The van der Waals surface area contributed by atoms with Gasteiger partial charge in [-0.2, -0.15) is 18.3 Å². The highest BCUT2D eigenvalue weighted by atomic mass is 19.4. The van der Waals surface area contributed by atoms with E-state index in [0.717, 1.165) is 6.92 Å². The number of fused-ring (bicyclic) bond motifs is 1. The van der Waals surface area contributed by atoms with Crippen molar-refractivity contribution in [2.24, 2.45) is 0 Å². The van der Waals surface area contributed by atoms with Gasteiger partial charge in [-0.05, 0) is 27.2 Å². The lowest BCUT2D eigenvalue weighted by Gasteiger charge is -2.21. The molecule has 0 aromatic carbocycles. The molecule has 2 aromatic heterocycles. The average Bonchev–Trinajstić information content (AvgIpc) is 3.23. The molecule has 11 heteroatoms. The van der Waals surface area contributed by atoms with Gasteiger partial charge >= 0.3 is 12.2 Å². The summed E-state index contributed by atoms with van der Waals surface area (Å²) in [7, 11) is 0. The van der Waals surface area contributed by atoms with Crippen LogP contribution in [0.2, 0.25) is 0 Å². The molecule has 0 saturated carbocycles. The molecule has 29 heavy (non-hydrogen) atoms. The first kappa shape index (κ1) is 20.9. The van der Waals surface area contributed by atoms with Crippen molar-refractivity contribution in [3.05, 3.63) is 23.5 Å². The van der Waals surface area contributed by atoms with Crippen molar-refractivity contribution in [2.45, 2.75) is 52.4 Å². The average molecular weight is 412 g/mol. The molecule has 8 nitrogen and oxygen atoms in total. The quantitative estimate of drug-likeness (QED) is 0.819. The van der Waals surface area contributed by atoms with Crippen LogP contribution in [0.1, 0.15) is 43.7 Å². The monoisotopic (exact) mass is 412 g/mol. The summed E-state index contributed by atoms with van der Waals surface area (Å²) in [6.45, 7) is 7.54. The van der Waals surface area contributed by atoms with Crippen molar-refractivity contribution in [1.82, 2.24) is 24.8 Å². The second-order valence-electron chi connectivity index (χ2n) is 7.21. The lowest BCUT2D eigenvalue weighted by molar-refractivity contribution is -0.149. The molecule has 1 N–H and O–H groups in total. The van der Waals surface area contributed by atoms with Crippen LogP contribution in [0.15, 0.2) is 12.3 Å². The van der Waals surface area contributed by atoms with E-state index in [0.29, 0.717) is 31.0 Å². The maximum atomic E-state index is 12.8. The second-order valence-corrected chi connectivity index (χ2v) is 7.21. The van der Waals surface area contributed by atoms with E-state index >= 15 is 0 Å². The van der Waals surface area contributed by atoms with Crippen LogP contribution in [-0.4, -0.2) is 62.8 Å². The van der Waals surface area contributed by atoms with Gasteiger partial charge in [-0.3, -0.25) is 9.69 Å². The lowest BCUT2D eigenvalue weighted by atomic mass is 10.2. The molecule has 2 aromatic rings. The third kappa shape index (κ3) is 3.85. The smallest absolute Gasteiger partial charge is 0.340 e. The number of hydrogen-bond donors (Lipinski definition) is 1. The molecule has 3 amide bonds. The molecule has 3 heterocycles. The summed E-state index contributed by atoms with van der Waals surface area (Å²) in [6.07, 6.45) is -2.84. The predicted molar refractivity (Wildman–Crippen MR) is 99.9 cm³/mol. The Morgan fingerprint density at radius 3 is 2.52 bits per heavy atom. The van der Waals surface area contributed by atoms with Crippen molar-refractivity contribution in [3.63, 3.8) is 0 Å². The number of nitrogens with one attached hydrogen (secondary N) is 1. The van der Waals surface area contributed by atoms with Gasteiger partial charge in [-0.15, -0.1) is 0 Å². The summed E-state index contributed by atoms with van der Waals surface area (Å²) in [5.41, 5.74) is 0.718. The molecule has 0 aliphatic carbocycles. The molecule has 0 bridgehead atoms. The van der Waals surface area contributed by atoms with E-state index in [4.69, 9.17) is 0 Å². The van der Waals surface area contributed by atoms with Crippen LogP contribution in [0, 0.1) is 0 Å². The first-order valence-corrected chi connectivity index (χ1v) is 9.38. The van der Waals surface area contributed by atoms with Crippen molar-refractivity contribution in [2.75, 3.05) is 18.0 Å². The topological polar surface area (TPSA) is 82.8 Å². The number of amides is 3. The molecular weight excluding hydrogens is 389 g/mol. The summed E-state index contributed by atoms with van der Waals surface area (Å²) in [6, 6.07) is -0.474. The third-order valence-corrected chi connectivity index (χ3v) is 4.92. The summed E-state index contributed by atoms with van der Waals surface area (Å²) in [4.78, 5) is 32.7. The Labute approximate surface area is 165 Å². The number of alkyl halides is 3. The number of carbonyl (C=O) groups is 2. The van der Waals surface area contributed by atoms with Crippen molar-refractivity contribution >= 4 is 23.4 Å². The standard InChI is InChI=1S/C18H23F3N6O2/c1-5-12-8-14(26-7-6-25(10(2)3)17(26)29)24-15-13(9-22-27(12)15)16(28)23-11(4)18(19,20)21/h8-11H,5-7H2,1-4H3,(H,23,28). The van der Waals surface area contributed by atoms with Gasteiger partial charge in [0.05, 0.1) is 6.20 Å². The lowest BCUT2D eigenvalue weighted by Crippen LogP contribution is -2.43. The highest BCUT2D eigenvalue weighted by Gasteiger charge is 2.38. The number of urea groups is 1. The number of rotatable bonds is 5. The Morgan fingerprint density at radius 1 is 1.28 bits per heavy atom. The fourth-order valence-electron chi connectivity index (χ4n) is 3.16. The minimum absolute atomic E-state index is 0.0297. The van der Waals surface area contributed by atoms with Gasteiger partial charge in [0.2, 0.25) is 0 Å². The van der Waals surface area contributed by atoms with Crippen LogP contribution in [0.3, 0.4) is 0 Å². The molecule has 1 aliphatic heterocycles. The number of nitrogens with zero attached hydrogens (tertiary/aromatic N) is 5. The summed E-state index contributed by atoms with van der Waals surface area (Å²) in [5, 5.41) is 6.03. The Kier molecular flexibility index (Phi) is 5.42. The van der Waals surface area contributed by atoms with Crippen LogP contribution < -0.4 is 10.2 Å². The Hall–Kier alpha value is -2.85. The van der Waals surface area contributed by atoms with E-state index in [1.54, 1.807) is 11.0 Å². The predicted octanol–water partition coefficient (Wildman–Crippen LogP) is 2.62. The Morgan fingerprint density at radius 2 is 1.97 bits per heavy atom. The minimum Gasteiger partial charge on any atom is -0.340 e. The molecule has 3 rings (SSSR count). The Balaban J connectivity index is 2.00. The van der Waals surface area contributed by atoms with Crippen molar-refractivity contribution < 1.29 is 22.8 Å². The molecule has 158 valence electrons. The van der Waals surface area contributed by atoms with E-state index in [2.05, 4.69) is 10.1 Å². The maximum absolute atomic E-state index is 12.8. The first-order valence-electron chi connectivity index (χ1n) is 9.38. The summed E-state index contributed by atoms with van der Waals surface area (Å²) < 4.78 is 39.8. The third-order valence-electron chi connectivity index (χ3n) is 4.92. The molecule has 1 saturated heterocycles. The fourth-order valence-corrected chi connectivity index (χ4v) is 3.16. The zero-order valence-electron chi connectivity index (χ0n) is 16.6. The van der Waals surface area contributed by atoms with Crippen LogP contribution in [0.5, 0.6) is 0 Å². The van der Waals surface area contributed by atoms with Gasteiger partial charge in [0.1, 0.15) is 17.4 Å². The van der Waals surface area contributed by atoms with Crippen LogP contribution >= 0.6 is 0 Å². The number of halogens is 3. The van der Waals surface area contributed by atoms with Gasteiger partial charge in [0.15, 0.2) is 5.65 Å².